The minimum absolute atomic E-state index is 0.0217. The van der Waals surface area contributed by atoms with Gasteiger partial charge in [0.2, 0.25) is 19.7 Å². The lowest BCUT2D eigenvalue weighted by atomic mass is 10.3. The Morgan fingerprint density at radius 1 is 0.564 bits per heavy atom. The molecule has 0 saturated carbocycles. The van der Waals surface area contributed by atoms with Crippen molar-refractivity contribution in [3.05, 3.63) is 97.1 Å². The van der Waals surface area contributed by atoms with Crippen LogP contribution in [0.15, 0.2) is 126 Å². The van der Waals surface area contributed by atoms with Crippen LogP contribution in [0.4, 0.5) is 0 Å². The van der Waals surface area contributed by atoms with Crippen molar-refractivity contribution < 1.29 is 36.5 Å². The molecular formula is C28H26O8S3. The molecule has 0 amide bonds. The number of benzene rings is 4. The average molecular weight is 587 g/mol. The van der Waals surface area contributed by atoms with Gasteiger partial charge in [-0.15, -0.1) is 0 Å². The van der Waals surface area contributed by atoms with Gasteiger partial charge in [0.25, 0.3) is 0 Å². The van der Waals surface area contributed by atoms with E-state index in [1.807, 2.05) is 0 Å². The summed E-state index contributed by atoms with van der Waals surface area (Å²) < 4.78 is 65.6. The van der Waals surface area contributed by atoms with Crippen LogP contribution in [-0.4, -0.2) is 53.5 Å². The number of aliphatic hydroxyl groups is 2. The summed E-state index contributed by atoms with van der Waals surface area (Å²) in [6, 6.07) is 24.7. The van der Waals surface area contributed by atoms with Gasteiger partial charge < -0.3 is 19.7 Å². The molecule has 0 fully saturated rings. The summed E-state index contributed by atoms with van der Waals surface area (Å²) in [5.41, 5.74) is 0. The number of ether oxygens (including phenoxy) is 2. The molecule has 204 valence electrons. The maximum atomic E-state index is 13.7. The molecule has 0 radical (unpaired) electrons. The van der Waals surface area contributed by atoms with Crippen LogP contribution in [0.1, 0.15) is 0 Å². The molecule has 11 heteroatoms. The maximum absolute atomic E-state index is 13.7. The van der Waals surface area contributed by atoms with E-state index in [2.05, 4.69) is 0 Å². The van der Waals surface area contributed by atoms with Crippen molar-refractivity contribution in [2.45, 2.75) is 29.4 Å². The molecule has 0 heterocycles. The minimum atomic E-state index is -4.02. The van der Waals surface area contributed by atoms with E-state index in [0.29, 0.717) is 0 Å². The van der Waals surface area contributed by atoms with Gasteiger partial charge in [0.15, 0.2) is 0 Å². The van der Waals surface area contributed by atoms with Crippen LogP contribution < -0.4 is 9.47 Å². The van der Waals surface area contributed by atoms with Crippen molar-refractivity contribution >= 4 is 31.4 Å². The zero-order chi connectivity index (χ0) is 27.9. The quantitative estimate of drug-likeness (QED) is 0.251. The average Bonchev–Trinajstić information content (AvgIpc) is 2.96. The van der Waals surface area contributed by atoms with Crippen LogP contribution in [0.2, 0.25) is 0 Å². The predicted octanol–water partition coefficient (Wildman–Crippen LogP) is 4.25. The molecule has 0 unspecified atom stereocenters. The topological polar surface area (TPSA) is 127 Å². The van der Waals surface area contributed by atoms with Crippen LogP contribution in [0, 0.1) is 0 Å². The van der Waals surface area contributed by atoms with Crippen LogP contribution in [0.25, 0.3) is 0 Å². The molecule has 39 heavy (non-hydrogen) atoms. The summed E-state index contributed by atoms with van der Waals surface area (Å²) in [4.78, 5) is 0.551. The van der Waals surface area contributed by atoms with Gasteiger partial charge in [-0.3, -0.25) is 0 Å². The Morgan fingerprint density at radius 2 is 0.949 bits per heavy atom. The zero-order valence-electron chi connectivity index (χ0n) is 20.6. The first-order valence-electron chi connectivity index (χ1n) is 11.8. The van der Waals surface area contributed by atoms with Gasteiger partial charge in [-0.1, -0.05) is 48.2 Å². The third-order valence-electron chi connectivity index (χ3n) is 5.46. The van der Waals surface area contributed by atoms with E-state index in [9.17, 15) is 16.8 Å². The lowest BCUT2D eigenvalue weighted by Crippen LogP contribution is -2.08. The maximum Gasteiger partial charge on any atom is 0.207 e. The highest BCUT2D eigenvalue weighted by atomic mass is 32.2. The molecule has 0 spiro atoms. The molecule has 0 bridgehead atoms. The molecular weight excluding hydrogens is 561 g/mol. The van der Waals surface area contributed by atoms with Crippen LogP contribution in [-0.2, 0) is 19.7 Å². The summed E-state index contributed by atoms with van der Waals surface area (Å²) in [6.45, 7) is -0.538. The van der Waals surface area contributed by atoms with E-state index >= 15 is 0 Å². The highest BCUT2D eigenvalue weighted by Gasteiger charge is 2.27. The predicted molar refractivity (Wildman–Crippen MR) is 146 cm³/mol. The molecule has 0 aliphatic carbocycles. The number of aliphatic hydroxyl groups excluding tert-OH is 2. The Kier molecular flexibility index (Phi) is 9.31. The Morgan fingerprint density at radius 3 is 1.31 bits per heavy atom. The minimum Gasteiger partial charge on any atom is -0.491 e. The van der Waals surface area contributed by atoms with Gasteiger partial charge in [-0.05, 0) is 48.5 Å². The fourth-order valence-corrected chi connectivity index (χ4v) is 8.13. The number of rotatable bonds is 12. The molecule has 4 aromatic rings. The van der Waals surface area contributed by atoms with Crippen molar-refractivity contribution in [3.63, 3.8) is 0 Å². The lowest BCUT2D eigenvalue weighted by Gasteiger charge is -2.16. The molecule has 2 N–H and O–H groups in total. The Hall–Kier alpha value is -3.35. The summed E-state index contributed by atoms with van der Waals surface area (Å²) in [6.07, 6.45) is 0. The second kappa shape index (κ2) is 12.7. The Balaban J connectivity index is 1.86. The van der Waals surface area contributed by atoms with Gasteiger partial charge in [0.05, 0.1) is 32.8 Å². The second-order valence-corrected chi connectivity index (χ2v) is 13.0. The largest absolute Gasteiger partial charge is 0.491 e. The van der Waals surface area contributed by atoms with Gasteiger partial charge in [0.1, 0.15) is 24.7 Å². The molecule has 4 rings (SSSR count). The van der Waals surface area contributed by atoms with Gasteiger partial charge >= 0.3 is 0 Å². The second-order valence-electron chi connectivity index (χ2n) is 8.10. The molecule has 0 saturated heterocycles. The first-order chi connectivity index (χ1) is 18.8. The van der Waals surface area contributed by atoms with E-state index in [0.717, 1.165) is 11.8 Å². The molecule has 0 aromatic heterocycles. The van der Waals surface area contributed by atoms with Crippen molar-refractivity contribution in [2.75, 3.05) is 26.4 Å². The normalized spacial score (nSPS) is 11.7. The van der Waals surface area contributed by atoms with E-state index < -0.39 is 19.7 Å². The Labute approximate surface area is 231 Å². The van der Waals surface area contributed by atoms with Gasteiger partial charge in [0, 0.05) is 21.9 Å². The van der Waals surface area contributed by atoms with Crippen molar-refractivity contribution in [2.24, 2.45) is 0 Å². The highest BCUT2D eigenvalue weighted by molar-refractivity contribution is 8.01. The van der Waals surface area contributed by atoms with Crippen molar-refractivity contribution in [1.82, 2.24) is 0 Å². The van der Waals surface area contributed by atoms with E-state index in [1.54, 1.807) is 60.7 Å². The summed E-state index contributed by atoms with van der Waals surface area (Å²) >= 11 is 0.981. The van der Waals surface area contributed by atoms with E-state index in [-0.39, 0.29) is 67.3 Å². The Bertz CT molecular complexity index is 1500. The van der Waals surface area contributed by atoms with Crippen LogP contribution in [0.5, 0.6) is 11.5 Å². The lowest BCUT2D eigenvalue weighted by molar-refractivity contribution is 0.201. The summed E-state index contributed by atoms with van der Waals surface area (Å²) in [7, 11) is -8.05. The molecule has 0 aliphatic heterocycles. The molecule has 0 aliphatic rings. The smallest absolute Gasteiger partial charge is 0.207 e. The van der Waals surface area contributed by atoms with Gasteiger partial charge in [-0.25, -0.2) is 16.8 Å². The van der Waals surface area contributed by atoms with E-state index in [4.69, 9.17) is 19.7 Å². The summed E-state index contributed by atoms with van der Waals surface area (Å²) in [5.74, 6) is 0.487. The molecule has 8 nitrogen and oxygen atoms in total. The SMILES string of the molecule is O=S(=O)(c1ccccc1)c1cc(OCCO)ccc1Sc1ccc(OCCO)cc1S(=O)(=O)c1ccccc1. The first kappa shape index (κ1) is 28.7. The van der Waals surface area contributed by atoms with Crippen LogP contribution in [0.3, 0.4) is 0 Å². The fourth-order valence-electron chi connectivity index (χ4n) is 3.64. The van der Waals surface area contributed by atoms with Crippen LogP contribution >= 0.6 is 11.8 Å². The van der Waals surface area contributed by atoms with Gasteiger partial charge in [-0.2, -0.15) is 0 Å². The zero-order valence-corrected chi connectivity index (χ0v) is 23.1. The third kappa shape index (κ3) is 6.63. The first-order valence-corrected chi connectivity index (χ1v) is 15.6. The number of hydrogen-bond donors (Lipinski definition) is 2. The fraction of sp³-hybridized carbons (Fsp3) is 0.143. The van der Waals surface area contributed by atoms with Crippen molar-refractivity contribution in [1.29, 1.82) is 0 Å². The summed E-state index contributed by atoms with van der Waals surface area (Å²) in [5, 5.41) is 18.3. The number of sulfone groups is 2. The van der Waals surface area contributed by atoms with Crippen molar-refractivity contribution in [3.8, 4) is 11.5 Å². The van der Waals surface area contributed by atoms with E-state index in [1.165, 1.54) is 36.4 Å². The third-order valence-corrected chi connectivity index (χ3v) is 10.5. The highest BCUT2D eigenvalue weighted by Crippen LogP contribution is 2.42. The molecule has 4 aromatic carbocycles. The number of hydrogen-bond acceptors (Lipinski definition) is 9. The monoisotopic (exact) mass is 586 g/mol. The standard InChI is InChI=1S/C28H26O8S3/c29-15-17-35-21-11-13-25(27(19-21)38(31,32)23-7-3-1-4-8-23)37-26-14-12-22(36-18-16-30)20-28(26)39(33,34)24-9-5-2-6-10-24/h1-14,19-20,29-30H,15-18H2. The molecule has 0 atom stereocenters.